The molecule has 0 aliphatic rings. The largest absolute Gasteiger partial charge is 0.484 e. The highest BCUT2D eigenvalue weighted by Gasteiger charge is 2.05. The van der Waals surface area contributed by atoms with Crippen molar-refractivity contribution in [1.29, 1.82) is 5.26 Å². The molecule has 0 unspecified atom stereocenters. The van der Waals surface area contributed by atoms with Gasteiger partial charge in [0.1, 0.15) is 11.3 Å². The lowest BCUT2D eigenvalue weighted by molar-refractivity contribution is -0.118. The number of anilines is 1. The summed E-state index contributed by atoms with van der Waals surface area (Å²) < 4.78 is 5.25. The lowest BCUT2D eigenvalue weighted by atomic mass is 10.2. The molecule has 2 rings (SSSR count). The van der Waals surface area contributed by atoms with Crippen molar-refractivity contribution in [2.75, 3.05) is 11.9 Å². The topological polar surface area (TPSA) is 87.9 Å². The third-order valence-corrected chi connectivity index (χ3v) is 2.57. The number of hydrogen-bond acceptors (Lipinski definition) is 6. The van der Waals surface area contributed by atoms with Gasteiger partial charge in [-0.25, -0.2) is 0 Å². The molecule has 0 saturated heterocycles. The smallest absolute Gasteiger partial charge is 0.264 e. The highest BCUT2D eigenvalue weighted by atomic mass is 32.1. The molecule has 1 amide bonds. The zero-order chi connectivity index (χ0) is 12.8. The van der Waals surface area contributed by atoms with Gasteiger partial charge in [-0.3, -0.25) is 10.1 Å². The summed E-state index contributed by atoms with van der Waals surface area (Å²) in [5.74, 6) is 0.220. The number of benzene rings is 1. The molecule has 0 bridgehead atoms. The quantitative estimate of drug-likeness (QED) is 0.898. The summed E-state index contributed by atoms with van der Waals surface area (Å²) in [4.78, 5) is 11.5. The van der Waals surface area contributed by atoms with Gasteiger partial charge in [-0.05, 0) is 24.3 Å². The number of hydrogen-bond donors (Lipinski definition) is 1. The standard InChI is InChI=1S/C11H8N4O2S/c12-5-8-1-3-9(4-2-8)17-6-10(16)14-11-15-13-7-18-11/h1-4,7H,6H2,(H,14,15,16). The van der Waals surface area contributed by atoms with E-state index in [1.165, 1.54) is 16.8 Å². The van der Waals surface area contributed by atoms with Gasteiger partial charge >= 0.3 is 0 Å². The van der Waals surface area contributed by atoms with E-state index in [0.717, 1.165) is 0 Å². The lowest BCUT2D eigenvalue weighted by Crippen LogP contribution is -2.20. The first-order valence-corrected chi connectivity index (χ1v) is 5.85. The second-order valence-corrected chi connectivity index (χ2v) is 4.05. The number of nitrogens with one attached hydrogen (secondary N) is 1. The molecule has 0 aliphatic heterocycles. The number of aromatic nitrogens is 2. The zero-order valence-electron chi connectivity index (χ0n) is 9.16. The van der Waals surface area contributed by atoms with E-state index in [-0.39, 0.29) is 12.5 Å². The maximum absolute atomic E-state index is 11.5. The van der Waals surface area contributed by atoms with Gasteiger partial charge in [0, 0.05) is 0 Å². The summed E-state index contributed by atoms with van der Waals surface area (Å²) in [5, 5.41) is 18.9. The van der Waals surface area contributed by atoms with Crippen LogP contribution in [0.15, 0.2) is 29.8 Å². The van der Waals surface area contributed by atoms with Gasteiger partial charge in [-0.1, -0.05) is 11.3 Å². The number of nitriles is 1. The van der Waals surface area contributed by atoms with Crippen molar-refractivity contribution in [3.8, 4) is 11.8 Å². The summed E-state index contributed by atoms with van der Waals surface area (Å²) >= 11 is 1.23. The molecular weight excluding hydrogens is 252 g/mol. The van der Waals surface area contributed by atoms with Crippen LogP contribution in [0.1, 0.15) is 5.56 Å². The molecule has 18 heavy (non-hydrogen) atoms. The van der Waals surface area contributed by atoms with E-state index in [4.69, 9.17) is 10.00 Å². The van der Waals surface area contributed by atoms with Gasteiger partial charge in [-0.15, -0.1) is 10.2 Å². The van der Waals surface area contributed by atoms with Crippen LogP contribution in [0.25, 0.3) is 0 Å². The summed E-state index contributed by atoms with van der Waals surface area (Å²) in [6.07, 6.45) is 0. The number of rotatable bonds is 4. The monoisotopic (exact) mass is 260 g/mol. The van der Waals surface area contributed by atoms with Gasteiger partial charge in [0.15, 0.2) is 6.61 Å². The summed E-state index contributed by atoms with van der Waals surface area (Å²) in [6.45, 7) is -0.120. The van der Waals surface area contributed by atoms with Crippen molar-refractivity contribution in [2.24, 2.45) is 0 Å². The van der Waals surface area contributed by atoms with Crippen molar-refractivity contribution in [2.45, 2.75) is 0 Å². The Hall–Kier alpha value is -2.46. The zero-order valence-corrected chi connectivity index (χ0v) is 9.98. The maximum Gasteiger partial charge on any atom is 0.264 e. The van der Waals surface area contributed by atoms with E-state index in [9.17, 15) is 4.79 Å². The van der Waals surface area contributed by atoms with Gasteiger partial charge < -0.3 is 4.74 Å². The fourth-order valence-electron chi connectivity index (χ4n) is 1.16. The molecule has 7 heteroatoms. The van der Waals surface area contributed by atoms with Crippen molar-refractivity contribution in [3.05, 3.63) is 35.3 Å². The number of carbonyl (C=O) groups excluding carboxylic acids is 1. The van der Waals surface area contributed by atoms with Gasteiger partial charge in [0.05, 0.1) is 11.6 Å². The Labute approximate surface area is 107 Å². The number of amides is 1. The van der Waals surface area contributed by atoms with E-state index in [1.807, 2.05) is 6.07 Å². The van der Waals surface area contributed by atoms with Crippen molar-refractivity contribution >= 4 is 22.4 Å². The van der Waals surface area contributed by atoms with Crippen LogP contribution in [0.4, 0.5) is 5.13 Å². The van der Waals surface area contributed by atoms with Crippen LogP contribution in [0.5, 0.6) is 5.75 Å². The highest BCUT2D eigenvalue weighted by Crippen LogP contribution is 2.12. The first-order valence-electron chi connectivity index (χ1n) is 4.97. The van der Waals surface area contributed by atoms with Crippen molar-refractivity contribution in [1.82, 2.24) is 10.2 Å². The first kappa shape index (κ1) is 12.0. The first-order chi connectivity index (χ1) is 8.78. The Morgan fingerprint density at radius 3 is 2.83 bits per heavy atom. The molecule has 90 valence electrons. The van der Waals surface area contributed by atoms with Gasteiger partial charge in [0.25, 0.3) is 5.91 Å². The molecule has 0 aliphatic carbocycles. The molecule has 2 aromatic rings. The molecule has 0 radical (unpaired) electrons. The Kier molecular flexibility index (Phi) is 3.83. The summed E-state index contributed by atoms with van der Waals surface area (Å²) in [7, 11) is 0. The normalized spacial score (nSPS) is 9.50. The van der Waals surface area contributed by atoms with Crippen LogP contribution in [0.3, 0.4) is 0 Å². The Morgan fingerprint density at radius 1 is 1.44 bits per heavy atom. The van der Waals surface area contributed by atoms with Gasteiger partial charge in [-0.2, -0.15) is 5.26 Å². The second kappa shape index (κ2) is 5.75. The fraction of sp³-hybridized carbons (Fsp3) is 0.0909. The van der Waals surface area contributed by atoms with E-state index in [0.29, 0.717) is 16.4 Å². The molecule has 6 nitrogen and oxygen atoms in total. The molecule has 1 aromatic heterocycles. The minimum Gasteiger partial charge on any atom is -0.484 e. The molecule has 0 atom stereocenters. The van der Waals surface area contributed by atoms with Crippen LogP contribution >= 0.6 is 11.3 Å². The molecule has 0 spiro atoms. The van der Waals surface area contributed by atoms with Crippen LogP contribution in [0.2, 0.25) is 0 Å². The third kappa shape index (κ3) is 3.26. The number of nitrogens with zero attached hydrogens (tertiary/aromatic N) is 3. The average Bonchev–Trinajstić information content (AvgIpc) is 2.90. The van der Waals surface area contributed by atoms with Crippen LogP contribution in [-0.2, 0) is 4.79 Å². The Balaban J connectivity index is 1.83. The molecule has 1 heterocycles. The van der Waals surface area contributed by atoms with Crippen LogP contribution in [0, 0.1) is 11.3 Å². The second-order valence-electron chi connectivity index (χ2n) is 3.22. The van der Waals surface area contributed by atoms with Crippen molar-refractivity contribution in [3.63, 3.8) is 0 Å². The van der Waals surface area contributed by atoms with E-state index >= 15 is 0 Å². The molecular formula is C11H8N4O2S. The van der Waals surface area contributed by atoms with Crippen LogP contribution in [-0.4, -0.2) is 22.7 Å². The minimum atomic E-state index is -0.309. The molecule has 1 N–H and O–H groups in total. The van der Waals surface area contributed by atoms with Crippen LogP contribution < -0.4 is 10.1 Å². The third-order valence-electron chi connectivity index (χ3n) is 1.96. The minimum absolute atomic E-state index is 0.120. The predicted octanol–water partition coefficient (Wildman–Crippen LogP) is 1.43. The SMILES string of the molecule is N#Cc1ccc(OCC(=O)Nc2nncs2)cc1. The lowest BCUT2D eigenvalue weighted by Gasteiger charge is -2.05. The van der Waals surface area contributed by atoms with Crippen molar-refractivity contribution < 1.29 is 9.53 Å². The Morgan fingerprint density at radius 2 is 2.22 bits per heavy atom. The van der Waals surface area contributed by atoms with E-state index in [2.05, 4.69) is 15.5 Å². The molecule has 0 fully saturated rings. The summed E-state index contributed by atoms with van der Waals surface area (Å²) in [5.41, 5.74) is 2.07. The average molecular weight is 260 g/mol. The molecule has 1 aromatic carbocycles. The Bertz CT molecular complexity index is 560. The maximum atomic E-state index is 11.5. The number of ether oxygens (including phenoxy) is 1. The van der Waals surface area contributed by atoms with Gasteiger partial charge in [0.2, 0.25) is 5.13 Å². The number of carbonyl (C=O) groups is 1. The molecule has 0 saturated carbocycles. The predicted molar refractivity (Wildman–Crippen MR) is 65.2 cm³/mol. The highest BCUT2D eigenvalue weighted by molar-refractivity contribution is 7.13. The van der Waals surface area contributed by atoms with E-state index in [1.54, 1.807) is 24.3 Å². The summed E-state index contributed by atoms with van der Waals surface area (Å²) in [6, 6.07) is 8.52. The fourth-order valence-corrected chi connectivity index (χ4v) is 1.62. The van der Waals surface area contributed by atoms with E-state index < -0.39 is 0 Å².